The normalized spacial score (nSPS) is 12.4. The predicted octanol–water partition coefficient (Wildman–Crippen LogP) is 1.77. The first kappa shape index (κ1) is 17.8. The van der Waals surface area contributed by atoms with Crippen LogP contribution < -0.4 is 15.4 Å². The zero-order valence-corrected chi connectivity index (χ0v) is 12.2. The average molecular weight is 318 g/mol. The first-order valence-electron chi connectivity index (χ1n) is 6.50. The topological polar surface area (TPSA) is 67.4 Å². The molecule has 0 aliphatic heterocycles. The summed E-state index contributed by atoms with van der Waals surface area (Å²) in [6.45, 7) is 1.57. The van der Waals surface area contributed by atoms with Crippen molar-refractivity contribution in [2.75, 3.05) is 6.61 Å². The Morgan fingerprint density at radius 2 is 2.00 bits per heavy atom. The summed E-state index contributed by atoms with van der Waals surface area (Å²) in [6.07, 6.45) is -4.40. The van der Waals surface area contributed by atoms with E-state index in [1.165, 1.54) is 32.0 Å². The first-order chi connectivity index (χ1) is 10.2. The number of hydrogen-bond donors (Lipinski definition) is 2. The molecule has 1 aromatic carbocycles. The summed E-state index contributed by atoms with van der Waals surface area (Å²) in [5.74, 6) is -0.652. The Kier molecular flexibility index (Phi) is 6.21. The van der Waals surface area contributed by atoms with Crippen LogP contribution in [0.25, 0.3) is 0 Å². The molecule has 8 heteroatoms. The fraction of sp³-hybridized carbons (Fsp3) is 0.429. The van der Waals surface area contributed by atoms with Gasteiger partial charge in [-0.15, -0.1) is 0 Å². The molecule has 0 aromatic heterocycles. The smallest absolute Gasteiger partial charge is 0.422 e. The molecule has 22 heavy (non-hydrogen) atoms. The highest BCUT2D eigenvalue weighted by molar-refractivity contribution is 5.86. The molecule has 1 aromatic rings. The molecule has 0 fully saturated rings. The number of halogens is 3. The lowest BCUT2D eigenvalue weighted by Crippen LogP contribution is -2.43. The third-order valence-corrected chi connectivity index (χ3v) is 2.58. The zero-order chi connectivity index (χ0) is 16.8. The highest BCUT2D eigenvalue weighted by atomic mass is 19.4. The molecule has 5 nitrogen and oxygen atoms in total. The van der Waals surface area contributed by atoms with E-state index in [0.717, 1.165) is 0 Å². The number of ether oxygens (including phenoxy) is 1. The Labute approximate surface area is 125 Å². The molecule has 0 saturated heterocycles. The van der Waals surface area contributed by atoms with Gasteiger partial charge in [0.15, 0.2) is 6.61 Å². The number of hydrogen-bond acceptors (Lipinski definition) is 3. The van der Waals surface area contributed by atoms with Gasteiger partial charge in [0.25, 0.3) is 0 Å². The van der Waals surface area contributed by atoms with E-state index < -0.39 is 24.7 Å². The van der Waals surface area contributed by atoms with Crippen molar-refractivity contribution < 1.29 is 27.5 Å². The van der Waals surface area contributed by atoms with Gasteiger partial charge in [0.2, 0.25) is 11.8 Å². The lowest BCUT2D eigenvalue weighted by atomic mass is 10.2. The number of amides is 2. The molecule has 2 amide bonds. The van der Waals surface area contributed by atoms with Crippen LogP contribution in [0, 0.1) is 0 Å². The molecular formula is C14H17F3N2O3. The molecule has 122 valence electrons. The maximum Gasteiger partial charge on any atom is 0.422 e. The summed E-state index contributed by atoms with van der Waals surface area (Å²) in [7, 11) is 0. The third-order valence-electron chi connectivity index (χ3n) is 2.58. The van der Waals surface area contributed by atoms with Crippen LogP contribution in [0.2, 0.25) is 0 Å². The molecule has 0 heterocycles. The molecule has 1 atom stereocenters. The fourth-order valence-electron chi connectivity index (χ4n) is 1.62. The summed E-state index contributed by atoms with van der Waals surface area (Å²) in [5, 5.41) is 5.00. The number of benzene rings is 1. The van der Waals surface area contributed by atoms with Gasteiger partial charge in [0, 0.05) is 13.5 Å². The number of rotatable bonds is 6. The molecule has 0 bridgehead atoms. The highest BCUT2D eigenvalue weighted by Crippen LogP contribution is 2.19. The minimum atomic E-state index is -4.40. The van der Waals surface area contributed by atoms with E-state index in [9.17, 15) is 22.8 Å². The maximum absolute atomic E-state index is 12.1. The van der Waals surface area contributed by atoms with Crippen LogP contribution in [0.3, 0.4) is 0 Å². The lowest BCUT2D eigenvalue weighted by molar-refractivity contribution is -0.153. The molecule has 2 N–H and O–H groups in total. The summed E-state index contributed by atoms with van der Waals surface area (Å²) in [6, 6.07) is 5.29. The van der Waals surface area contributed by atoms with Gasteiger partial charge in [0.05, 0.1) is 0 Å². The second kappa shape index (κ2) is 7.67. The Morgan fingerprint density at radius 1 is 1.32 bits per heavy atom. The van der Waals surface area contributed by atoms with Gasteiger partial charge in [-0.2, -0.15) is 13.2 Å². The molecule has 1 unspecified atom stereocenters. The van der Waals surface area contributed by atoms with Crippen LogP contribution in [0.1, 0.15) is 19.4 Å². The number of carbonyl (C=O) groups is 2. The Balaban J connectivity index is 2.53. The summed E-state index contributed by atoms with van der Waals surface area (Å²) in [4.78, 5) is 22.5. The second-order valence-corrected chi connectivity index (χ2v) is 4.69. The van der Waals surface area contributed by atoms with Crippen LogP contribution in [0.5, 0.6) is 5.75 Å². The Morgan fingerprint density at radius 3 is 2.59 bits per heavy atom. The van der Waals surface area contributed by atoms with Crippen molar-refractivity contribution >= 4 is 11.8 Å². The van der Waals surface area contributed by atoms with Crippen molar-refractivity contribution in [1.82, 2.24) is 10.6 Å². The largest absolute Gasteiger partial charge is 0.484 e. The van der Waals surface area contributed by atoms with Crippen LogP contribution in [-0.4, -0.2) is 30.6 Å². The average Bonchev–Trinajstić information content (AvgIpc) is 2.41. The van der Waals surface area contributed by atoms with Crippen molar-refractivity contribution in [2.24, 2.45) is 0 Å². The van der Waals surface area contributed by atoms with Crippen molar-refractivity contribution in [3.05, 3.63) is 29.8 Å². The Hall–Kier alpha value is -2.25. The van der Waals surface area contributed by atoms with E-state index in [1.807, 2.05) is 0 Å². The van der Waals surface area contributed by atoms with E-state index in [0.29, 0.717) is 5.56 Å². The molecule has 0 aliphatic carbocycles. The van der Waals surface area contributed by atoms with Crippen LogP contribution in [0.4, 0.5) is 13.2 Å². The number of carbonyl (C=O) groups excluding carboxylic acids is 2. The van der Waals surface area contributed by atoms with E-state index in [-0.39, 0.29) is 18.2 Å². The first-order valence-corrected chi connectivity index (χ1v) is 6.50. The molecule has 0 radical (unpaired) electrons. The number of nitrogens with one attached hydrogen (secondary N) is 2. The Bertz CT molecular complexity index is 532. The monoisotopic (exact) mass is 318 g/mol. The SMILES string of the molecule is CC(=O)NC(C)C(=O)NCc1cccc(OCC(F)(F)F)c1. The van der Waals surface area contributed by atoms with Gasteiger partial charge < -0.3 is 15.4 Å². The summed E-state index contributed by atoms with van der Waals surface area (Å²) in [5.41, 5.74) is 0.586. The van der Waals surface area contributed by atoms with Crippen LogP contribution in [0.15, 0.2) is 24.3 Å². The van der Waals surface area contributed by atoms with Crippen LogP contribution >= 0.6 is 0 Å². The predicted molar refractivity (Wildman–Crippen MR) is 73.1 cm³/mol. The quantitative estimate of drug-likeness (QED) is 0.840. The minimum absolute atomic E-state index is 0.0685. The lowest BCUT2D eigenvalue weighted by Gasteiger charge is -2.13. The van der Waals surface area contributed by atoms with Gasteiger partial charge in [-0.1, -0.05) is 12.1 Å². The van der Waals surface area contributed by atoms with E-state index in [4.69, 9.17) is 0 Å². The molecule has 1 rings (SSSR count). The molecular weight excluding hydrogens is 301 g/mol. The van der Waals surface area contributed by atoms with Crippen molar-refractivity contribution in [3.63, 3.8) is 0 Å². The van der Waals surface area contributed by atoms with E-state index >= 15 is 0 Å². The van der Waals surface area contributed by atoms with Crippen molar-refractivity contribution in [3.8, 4) is 5.75 Å². The molecule has 0 aliphatic rings. The van der Waals surface area contributed by atoms with Crippen LogP contribution in [-0.2, 0) is 16.1 Å². The van der Waals surface area contributed by atoms with Gasteiger partial charge in [0.1, 0.15) is 11.8 Å². The second-order valence-electron chi connectivity index (χ2n) is 4.69. The third kappa shape index (κ3) is 6.96. The van der Waals surface area contributed by atoms with Gasteiger partial charge in [-0.25, -0.2) is 0 Å². The molecule has 0 spiro atoms. The fourth-order valence-corrected chi connectivity index (χ4v) is 1.62. The van der Waals surface area contributed by atoms with E-state index in [1.54, 1.807) is 6.07 Å². The maximum atomic E-state index is 12.1. The van der Waals surface area contributed by atoms with Gasteiger partial charge in [-0.3, -0.25) is 9.59 Å². The van der Waals surface area contributed by atoms with Gasteiger partial charge >= 0.3 is 6.18 Å². The number of alkyl halides is 3. The standard InChI is InChI=1S/C14H17F3N2O3/c1-9(19-10(2)20)13(21)18-7-11-4-3-5-12(6-11)22-8-14(15,16)17/h3-6,9H,7-8H2,1-2H3,(H,18,21)(H,19,20). The zero-order valence-electron chi connectivity index (χ0n) is 12.2. The van der Waals surface area contributed by atoms with Crippen molar-refractivity contribution in [1.29, 1.82) is 0 Å². The molecule has 0 saturated carbocycles. The van der Waals surface area contributed by atoms with Gasteiger partial charge in [-0.05, 0) is 24.6 Å². The highest BCUT2D eigenvalue weighted by Gasteiger charge is 2.28. The summed E-state index contributed by atoms with van der Waals surface area (Å²) >= 11 is 0. The van der Waals surface area contributed by atoms with Crippen molar-refractivity contribution in [2.45, 2.75) is 32.6 Å². The summed E-state index contributed by atoms with van der Waals surface area (Å²) < 4.78 is 40.8. The van der Waals surface area contributed by atoms with E-state index in [2.05, 4.69) is 15.4 Å². The minimum Gasteiger partial charge on any atom is -0.484 e.